The van der Waals surface area contributed by atoms with E-state index in [2.05, 4.69) is 50.1 Å². The van der Waals surface area contributed by atoms with E-state index in [9.17, 15) is 9.59 Å². The molecule has 1 saturated heterocycles. The number of aryl methyl sites for hydroxylation is 1. The van der Waals surface area contributed by atoms with Gasteiger partial charge in [0.1, 0.15) is 0 Å². The predicted molar refractivity (Wildman–Crippen MR) is 185 cm³/mol. The van der Waals surface area contributed by atoms with Crippen molar-refractivity contribution in [1.29, 1.82) is 0 Å². The molecular weight excluding hydrogens is 572 g/mol. The topological polar surface area (TPSA) is 102 Å². The van der Waals surface area contributed by atoms with Crippen LogP contribution in [-0.2, 0) is 24.2 Å². The second-order valence-electron chi connectivity index (χ2n) is 12.7. The van der Waals surface area contributed by atoms with Crippen LogP contribution in [0, 0.1) is 5.92 Å². The van der Waals surface area contributed by atoms with Gasteiger partial charge >= 0.3 is 0 Å². The summed E-state index contributed by atoms with van der Waals surface area (Å²) in [4.78, 5) is 36.4. The number of para-hydroxylation sites is 1. The number of hydrogen-bond acceptors (Lipinski definition) is 5. The molecule has 7 rings (SSSR count). The van der Waals surface area contributed by atoms with Crippen molar-refractivity contribution in [1.82, 2.24) is 20.2 Å². The maximum absolute atomic E-state index is 13.1. The summed E-state index contributed by atoms with van der Waals surface area (Å²) in [5.41, 5.74) is 8.49. The summed E-state index contributed by atoms with van der Waals surface area (Å²) in [6, 6.07) is 24.0. The third-order valence-electron chi connectivity index (χ3n) is 9.43. The molecule has 46 heavy (non-hydrogen) atoms. The standard InChI is InChI=1S/C38H42N6O2/c45-37(41-20-6-19-40-36-31-8-1-3-10-34(31)43-35-11-4-2-9-32(35)36)29-7-5-22-44(25-29)24-26-12-14-27(15-13-26)38(46)42-30-16-17-33-28(23-30)18-21-39-33/h1,3,8,10,12-18,21,23,29,39H,2,4-7,9,11,19-20,22,24-25H2,(H,40,43)(H,41,45)(H,42,46)/t29-/m1/s1. The number of anilines is 2. The van der Waals surface area contributed by atoms with E-state index in [-0.39, 0.29) is 17.7 Å². The molecule has 0 unspecified atom stereocenters. The fourth-order valence-corrected chi connectivity index (χ4v) is 7.00. The Morgan fingerprint density at radius 2 is 1.80 bits per heavy atom. The SMILES string of the molecule is O=C(Nc1ccc2[nH]ccc2c1)c1ccc(CN2CCC[C@@H](C(=O)NCCCNc3c4c(nc5ccccc35)CCCC4)C2)cc1. The van der Waals surface area contributed by atoms with Crippen LogP contribution in [0.4, 0.5) is 11.4 Å². The minimum Gasteiger partial charge on any atom is -0.384 e. The Balaban J connectivity index is 0.869. The fourth-order valence-electron chi connectivity index (χ4n) is 7.00. The second-order valence-corrected chi connectivity index (χ2v) is 12.7. The number of benzene rings is 3. The number of H-pyrrole nitrogens is 1. The average molecular weight is 615 g/mol. The lowest BCUT2D eigenvalue weighted by atomic mass is 9.92. The minimum absolute atomic E-state index is 0.000265. The van der Waals surface area contributed by atoms with Gasteiger partial charge in [-0.1, -0.05) is 30.3 Å². The quantitative estimate of drug-likeness (QED) is 0.132. The largest absolute Gasteiger partial charge is 0.384 e. The lowest BCUT2D eigenvalue weighted by molar-refractivity contribution is -0.126. The molecule has 3 aromatic carbocycles. The van der Waals surface area contributed by atoms with Gasteiger partial charge in [-0.05, 0) is 105 Å². The molecule has 0 saturated carbocycles. The van der Waals surface area contributed by atoms with Gasteiger partial charge in [-0.3, -0.25) is 19.5 Å². The van der Waals surface area contributed by atoms with E-state index < -0.39 is 0 Å². The van der Waals surface area contributed by atoms with Gasteiger partial charge in [-0.2, -0.15) is 0 Å². The van der Waals surface area contributed by atoms with E-state index in [0.29, 0.717) is 12.1 Å². The van der Waals surface area contributed by atoms with Crippen LogP contribution in [0.3, 0.4) is 0 Å². The van der Waals surface area contributed by atoms with Gasteiger partial charge in [0, 0.05) is 71.3 Å². The van der Waals surface area contributed by atoms with Crippen molar-refractivity contribution in [3.63, 3.8) is 0 Å². The maximum Gasteiger partial charge on any atom is 0.255 e. The number of carbonyl (C=O) groups is 2. The van der Waals surface area contributed by atoms with Crippen molar-refractivity contribution in [2.75, 3.05) is 36.8 Å². The molecule has 2 amide bonds. The minimum atomic E-state index is -0.125. The number of hydrogen-bond donors (Lipinski definition) is 4. The zero-order chi connectivity index (χ0) is 31.3. The monoisotopic (exact) mass is 614 g/mol. The normalized spacial score (nSPS) is 16.7. The van der Waals surface area contributed by atoms with Crippen molar-refractivity contribution in [2.24, 2.45) is 5.92 Å². The number of nitrogens with zero attached hydrogens (tertiary/aromatic N) is 2. The Labute approximate surface area is 270 Å². The number of fused-ring (bicyclic) bond motifs is 3. The first-order chi connectivity index (χ1) is 22.6. The molecule has 4 N–H and O–H groups in total. The van der Waals surface area contributed by atoms with Gasteiger partial charge in [-0.25, -0.2) is 0 Å². The van der Waals surface area contributed by atoms with Crippen LogP contribution in [0.15, 0.2) is 79.0 Å². The summed E-state index contributed by atoms with van der Waals surface area (Å²) in [6.45, 7) is 3.97. The van der Waals surface area contributed by atoms with Crippen molar-refractivity contribution in [3.05, 3.63) is 101 Å². The molecule has 5 aromatic rings. The Kier molecular flexibility index (Phi) is 8.96. The first-order valence-corrected chi connectivity index (χ1v) is 16.7. The molecule has 8 heteroatoms. The molecule has 236 valence electrons. The lowest BCUT2D eigenvalue weighted by Gasteiger charge is -2.32. The molecule has 2 aromatic heterocycles. The van der Waals surface area contributed by atoms with Crippen LogP contribution in [0.2, 0.25) is 0 Å². The molecule has 1 fully saturated rings. The van der Waals surface area contributed by atoms with Crippen LogP contribution in [0.1, 0.15) is 59.3 Å². The highest BCUT2D eigenvalue weighted by atomic mass is 16.2. The van der Waals surface area contributed by atoms with E-state index >= 15 is 0 Å². The van der Waals surface area contributed by atoms with Crippen LogP contribution in [0.5, 0.6) is 0 Å². The van der Waals surface area contributed by atoms with E-state index in [4.69, 9.17) is 4.98 Å². The van der Waals surface area contributed by atoms with E-state index in [0.717, 1.165) is 86.0 Å². The summed E-state index contributed by atoms with van der Waals surface area (Å²) in [5.74, 6) is 0.0291. The average Bonchev–Trinajstić information content (AvgIpc) is 3.56. The molecule has 0 bridgehead atoms. The number of aromatic amines is 1. The Morgan fingerprint density at radius 1 is 0.935 bits per heavy atom. The smallest absolute Gasteiger partial charge is 0.255 e. The second kappa shape index (κ2) is 13.7. The fraction of sp³-hybridized carbons (Fsp3) is 0.342. The molecule has 3 heterocycles. The van der Waals surface area contributed by atoms with E-state index in [1.54, 1.807) is 0 Å². The highest BCUT2D eigenvalue weighted by Crippen LogP contribution is 2.33. The number of piperidine rings is 1. The highest BCUT2D eigenvalue weighted by Gasteiger charge is 2.25. The maximum atomic E-state index is 13.1. The van der Waals surface area contributed by atoms with Crippen molar-refractivity contribution >= 4 is 45.0 Å². The van der Waals surface area contributed by atoms with E-state index in [1.165, 1.54) is 35.2 Å². The molecule has 2 aliphatic rings. The summed E-state index contributed by atoms with van der Waals surface area (Å²) in [6.07, 6.45) is 9.24. The van der Waals surface area contributed by atoms with Gasteiger partial charge in [-0.15, -0.1) is 0 Å². The van der Waals surface area contributed by atoms with Crippen molar-refractivity contribution in [2.45, 2.75) is 51.5 Å². The number of nitrogens with one attached hydrogen (secondary N) is 4. The zero-order valence-corrected chi connectivity index (χ0v) is 26.3. The van der Waals surface area contributed by atoms with Crippen LogP contribution < -0.4 is 16.0 Å². The molecule has 8 nitrogen and oxygen atoms in total. The van der Waals surface area contributed by atoms with E-state index in [1.807, 2.05) is 54.7 Å². The number of rotatable bonds is 10. The molecular formula is C38H42N6O2. The number of amides is 2. The Morgan fingerprint density at radius 3 is 2.72 bits per heavy atom. The van der Waals surface area contributed by atoms with Crippen molar-refractivity contribution < 1.29 is 9.59 Å². The van der Waals surface area contributed by atoms with Gasteiger partial charge in [0.15, 0.2) is 0 Å². The third-order valence-corrected chi connectivity index (χ3v) is 9.43. The van der Waals surface area contributed by atoms with Crippen LogP contribution in [-0.4, -0.2) is 52.9 Å². The number of carbonyl (C=O) groups excluding carboxylic acids is 2. The molecule has 1 aliphatic carbocycles. The Hall–Kier alpha value is -4.69. The third kappa shape index (κ3) is 6.77. The summed E-state index contributed by atoms with van der Waals surface area (Å²) in [7, 11) is 0. The van der Waals surface area contributed by atoms with Crippen LogP contribution in [0.25, 0.3) is 21.8 Å². The van der Waals surface area contributed by atoms with Gasteiger partial charge < -0.3 is 20.9 Å². The molecule has 0 radical (unpaired) electrons. The molecule has 1 atom stereocenters. The van der Waals surface area contributed by atoms with Gasteiger partial charge in [0.25, 0.3) is 5.91 Å². The van der Waals surface area contributed by atoms with Crippen molar-refractivity contribution in [3.8, 4) is 0 Å². The first kappa shape index (κ1) is 30.0. The van der Waals surface area contributed by atoms with Crippen LogP contribution >= 0.6 is 0 Å². The summed E-state index contributed by atoms with van der Waals surface area (Å²) >= 11 is 0. The number of aromatic nitrogens is 2. The number of pyridine rings is 1. The number of likely N-dealkylation sites (tertiary alicyclic amines) is 1. The molecule has 0 spiro atoms. The Bertz CT molecular complexity index is 1850. The summed E-state index contributed by atoms with van der Waals surface area (Å²) < 4.78 is 0. The zero-order valence-electron chi connectivity index (χ0n) is 26.3. The van der Waals surface area contributed by atoms with Gasteiger partial charge in [0.05, 0.1) is 11.4 Å². The summed E-state index contributed by atoms with van der Waals surface area (Å²) in [5, 5.41) is 12.2. The predicted octanol–water partition coefficient (Wildman–Crippen LogP) is 6.68. The van der Waals surface area contributed by atoms with Gasteiger partial charge in [0.2, 0.25) is 5.91 Å². The lowest BCUT2D eigenvalue weighted by Crippen LogP contribution is -2.43. The highest BCUT2D eigenvalue weighted by molar-refractivity contribution is 6.05. The first-order valence-electron chi connectivity index (χ1n) is 16.7. The molecule has 1 aliphatic heterocycles.